The molecule has 92 valence electrons. The fourth-order valence-corrected chi connectivity index (χ4v) is 3.35. The number of fused-ring (bicyclic) bond motifs is 2. The highest BCUT2D eigenvalue weighted by Gasteiger charge is 2.68. The first-order chi connectivity index (χ1) is 9.11. The van der Waals surface area contributed by atoms with E-state index in [-0.39, 0.29) is 17.8 Å². The first-order valence-corrected chi connectivity index (χ1v) is 6.12. The Kier molecular flexibility index (Phi) is 2.90. The van der Waals surface area contributed by atoms with E-state index >= 15 is 0 Å². The molecule has 0 aliphatic heterocycles. The van der Waals surface area contributed by atoms with Gasteiger partial charge in [-0.25, -0.2) is 0 Å². The molecule has 0 spiro atoms. The molecule has 0 aromatic rings. The van der Waals surface area contributed by atoms with Crippen LogP contribution in [0.2, 0.25) is 0 Å². The van der Waals surface area contributed by atoms with Gasteiger partial charge in [-0.1, -0.05) is 31.2 Å². The quantitative estimate of drug-likeness (QED) is 0.657. The summed E-state index contributed by atoms with van der Waals surface area (Å²) in [5, 5.41) is 38.1. The van der Waals surface area contributed by atoms with Crippen molar-refractivity contribution in [2.45, 2.75) is 13.3 Å². The Morgan fingerprint density at radius 3 is 1.95 bits per heavy atom. The molecule has 4 heteroatoms. The van der Waals surface area contributed by atoms with Crippen LogP contribution in [-0.2, 0) is 0 Å². The van der Waals surface area contributed by atoms with E-state index in [1.54, 1.807) is 12.2 Å². The molecule has 0 aromatic heterocycles. The summed E-state index contributed by atoms with van der Waals surface area (Å²) in [7, 11) is 0. The number of nitrogens with zero attached hydrogens (tertiary/aromatic N) is 4. The first kappa shape index (κ1) is 12.9. The average molecular weight is 248 g/mol. The molecule has 4 nitrogen and oxygen atoms in total. The number of allylic oxidation sites excluding steroid dienone is 4. The summed E-state index contributed by atoms with van der Waals surface area (Å²) in [6, 6.07) is 7.97. The zero-order valence-corrected chi connectivity index (χ0v) is 10.5. The van der Waals surface area contributed by atoms with Crippen LogP contribution in [0.15, 0.2) is 24.3 Å². The predicted octanol–water partition coefficient (Wildman–Crippen LogP) is 2.45. The Bertz CT molecular complexity index is 586. The van der Waals surface area contributed by atoms with Gasteiger partial charge >= 0.3 is 0 Å². The third-order valence-electron chi connectivity index (χ3n) is 4.45. The molecular weight excluding hydrogens is 236 g/mol. The summed E-state index contributed by atoms with van der Waals surface area (Å²) in [5.41, 5.74) is -3.16. The van der Waals surface area contributed by atoms with Crippen LogP contribution in [0.4, 0.5) is 0 Å². The summed E-state index contributed by atoms with van der Waals surface area (Å²) in [4.78, 5) is 0. The summed E-state index contributed by atoms with van der Waals surface area (Å²) < 4.78 is 0. The highest BCUT2D eigenvalue weighted by Crippen LogP contribution is 2.61. The zero-order valence-electron chi connectivity index (χ0n) is 10.5. The van der Waals surface area contributed by atoms with Gasteiger partial charge in [0.25, 0.3) is 0 Å². The van der Waals surface area contributed by atoms with Crippen molar-refractivity contribution < 1.29 is 0 Å². The lowest BCUT2D eigenvalue weighted by Gasteiger charge is -2.31. The third kappa shape index (κ3) is 1.35. The van der Waals surface area contributed by atoms with Gasteiger partial charge in [-0.15, -0.1) is 0 Å². The van der Waals surface area contributed by atoms with Crippen molar-refractivity contribution >= 4 is 0 Å². The van der Waals surface area contributed by atoms with Gasteiger partial charge in [0.1, 0.15) is 0 Å². The predicted molar refractivity (Wildman–Crippen MR) is 66.4 cm³/mol. The molecule has 2 bridgehead atoms. The molecular formula is C15H12N4. The van der Waals surface area contributed by atoms with Crippen molar-refractivity contribution in [2.75, 3.05) is 0 Å². The molecule has 2 aliphatic rings. The molecule has 3 atom stereocenters. The molecule has 0 aromatic carbocycles. The van der Waals surface area contributed by atoms with Crippen LogP contribution in [0.5, 0.6) is 0 Å². The van der Waals surface area contributed by atoms with Crippen LogP contribution in [0.1, 0.15) is 13.3 Å². The second-order valence-electron chi connectivity index (χ2n) is 5.14. The van der Waals surface area contributed by atoms with Crippen molar-refractivity contribution in [1.29, 1.82) is 21.0 Å². The molecule has 0 amide bonds. The van der Waals surface area contributed by atoms with E-state index in [1.807, 2.05) is 43.4 Å². The van der Waals surface area contributed by atoms with Gasteiger partial charge < -0.3 is 0 Å². The molecule has 19 heavy (non-hydrogen) atoms. The zero-order chi connectivity index (χ0) is 14.1. The highest BCUT2D eigenvalue weighted by atomic mass is 14.7. The van der Waals surface area contributed by atoms with E-state index in [0.29, 0.717) is 6.42 Å². The van der Waals surface area contributed by atoms with Gasteiger partial charge in [0.2, 0.25) is 0 Å². The molecule has 0 N–H and O–H groups in total. The molecule has 0 radical (unpaired) electrons. The topological polar surface area (TPSA) is 95.2 Å². The van der Waals surface area contributed by atoms with Crippen LogP contribution in [0.3, 0.4) is 0 Å². The van der Waals surface area contributed by atoms with Crippen LogP contribution in [-0.4, -0.2) is 0 Å². The molecule has 2 aliphatic carbocycles. The number of hydrogen-bond donors (Lipinski definition) is 0. The number of hydrogen-bond acceptors (Lipinski definition) is 4. The second kappa shape index (κ2) is 4.28. The van der Waals surface area contributed by atoms with Gasteiger partial charge in [0, 0.05) is 11.8 Å². The highest BCUT2D eigenvalue weighted by molar-refractivity contribution is 5.43. The summed E-state index contributed by atoms with van der Waals surface area (Å²) in [6.07, 6.45) is 7.87. The molecule has 2 rings (SSSR count). The summed E-state index contributed by atoms with van der Waals surface area (Å²) in [6.45, 7) is 1.92. The van der Waals surface area contributed by atoms with Crippen molar-refractivity contribution in [2.24, 2.45) is 28.6 Å². The van der Waals surface area contributed by atoms with Crippen LogP contribution >= 0.6 is 0 Å². The molecule has 1 fully saturated rings. The van der Waals surface area contributed by atoms with E-state index in [0.717, 1.165) is 0 Å². The fourth-order valence-electron chi connectivity index (χ4n) is 3.35. The Morgan fingerprint density at radius 1 is 0.895 bits per heavy atom. The van der Waals surface area contributed by atoms with Crippen LogP contribution in [0, 0.1) is 73.9 Å². The fraction of sp³-hybridized carbons (Fsp3) is 0.467. The van der Waals surface area contributed by atoms with Crippen molar-refractivity contribution in [3.63, 3.8) is 0 Å². The minimum absolute atomic E-state index is 0.0182. The van der Waals surface area contributed by atoms with Crippen LogP contribution < -0.4 is 0 Å². The maximum absolute atomic E-state index is 9.54. The Labute approximate surface area is 112 Å². The van der Waals surface area contributed by atoms with E-state index in [4.69, 9.17) is 0 Å². The van der Waals surface area contributed by atoms with E-state index in [9.17, 15) is 21.0 Å². The Balaban J connectivity index is 2.77. The molecule has 0 heterocycles. The molecule has 0 unspecified atom stereocenters. The van der Waals surface area contributed by atoms with Crippen molar-refractivity contribution in [3.05, 3.63) is 24.3 Å². The summed E-state index contributed by atoms with van der Waals surface area (Å²) >= 11 is 0. The van der Waals surface area contributed by atoms with Gasteiger partial charge in [-0.2, -0.15) is 21.0 Å². The SMILES string of the molecule is C[C@@H]1C=CC=C[C@H]2C[C@@H]1C(C#N)(C#N)C2(C#N)C#N. The Morgan fingerprint density at radius 2 is 1.42 bits per heavy atom. The van der Waals surface area contributed by atoms with Gasteiger partial charge in [-0.3, -0.25) is 0 Å². The van der Waals surface area contributed by atoms with Crippen molar-refractivity contribution in [3.8, 4) is 24.3 Å². The molecule has 1 saturated carbocycles. The largest absolute Gasteiger partial charge is 0.196 e. The smallest absolute Gasteiger partial charge is 0.181 e. The normalized spacial score (nSPS) is 33.0. The van der Waals surface area contributed by atoms with Gasteiger partial charge in [0.15, 0.2) is 10.8 Å². The van der Waals surface area contributed by atoms with E-state index in [1.165, 1.54) is 0 Å². The van der Waals surface area contributed by atoms with Gasteiger partial charge in [-0.05, 0) is 12.3 Å². The third-order valence-corrected chi connectivity index (χ3v) is 4.45. The van der Waals surface area contributed by atoms with Crippen LogP contribution in [0.25, 0.3) is 0 Å². The second-order valence-corrected chi connectivity index (χ2v) is 5.14. The number of rotatable bonds is 0. The minimum Gasteiger partial charge on any atom is -0.196 e. The van der Waals surface area contributed by atoms with Crippen molar-refractivity contribution in [1.82, 2.24) is 0 Å². The summed E-state index contributed by atoms with van der Waals surface area (Å²) in [5.74, 6) is -0.692. The molecule has 0 saturated heterocycles. The van der Waals surface area contributed by atoms with Gasteiger partial charge in [0.05, 0.1) is 24.3 Å². The van der Waals surface area contributed by atoms with E-state index < -0.39 is 10.8 Å². The lowest BCUT2D eigenvalue weighted by Crippen LogP contribution is -2.41. The monoisotopic (exact) mass is 248 g/mol. The minimum atomic E-state index is -1.59. The Hall–Kier alpha value is -2.56. The first-order valence-electron chi connectivity index (χ1n) is 6.12. The van der Waals surface area contributed by atoms with E-state index in [2.05, 4.69) is 0 Å². The number of nitriles is 4. The lowest BCUT2D eigenvalue weighted by atomic mass is 9.61. The lowest BCUT2D eigenvalue weighted by molar-refractivity contribution is 0.233. The standard InChI is InChI=1S/C15H12N4/c1-11-4-2-3-5-12-6-13(11)15(9-18,10-19)14(12,7-16)8-17/h2-5,11-13H,6H2,1H3/t11-,12+,13+/m1/s1. The maximum Gasteiger partial charge on any atom is 0.181 e. The average Bonchev–Trinajstić information content (AvgIpc) is 2.73. The maximum atomic E-state index is 9.54.